The summed E-state index contributed by atoms with van der Waals surface area (Å²) < 4.78 is 25.4. The number of amides is 1. The summed E-state index contributed by atoms with van der Waals surface area (Å²) in [4.78, 5) is 13.3. The van der Waals surface area contributed by atoms with Crippen molar-refractivity contribution in [3.8, 4) is 11.5 Å². The highest BCUT2D eigenvalue weighted by atomic mass is 35.5. The summed E-state index contributed by atoms with van der Waals surface area (Å²) in [5.41, 5.74) is 0.927. The molecular formula is C21H19ClFNO3S. The van der Waals surface area contributed by atoms with E-state index in [1.54, 1.807) is 6.07 Å². The van der Waals surface area contributed by atoms with E-state index in [-0.39, 0.29) is 23.7 Å². The van der Waals surface area contributed by atoms with E-state index in [1.807, 2.05) is 32.0 Å². The Labute approximate surface area is 171 Å². The Hall–Kier alpha value is -2.31. The SMILES string of the molecule is CC(C)[C@H](NC(=O)c1sc2cc(F)ccc2c1Cl)c1ccc2c(c1)OCCO2. The lowest BCUT2D eigenvalue weighted by atomic mass is 9.95. The van der Waals surface area contributed by atoms with Gasteiger partial charge in [-0.25, -0.2) is 4.39 Å². The second-order valence-electron chi connectivity index (χ2n) is 6.98. The first-order chi connectivity index (χ1) is 13.4. The van der Waals surface area contributed by atoms with Crippen LogP contribution in [0, 0.1) is 11.7 Å². The summed E-state index contributed by atoms with van der Waals surface area (Å²) in [5, 5.41) is 4.10. The quantitative estimate of drug-likeness (QED) is 0.599. The number of hydrogen-bond donors (Lipinski definition) is 1. The molecule has 2 heterocycles. The van der Waals surface area contributed by atoms with Crippen molar-refractivity contribution in [3.05, 3.63) is 57.7 Å². The van der Waals surface area contributed by atoms with E-state index >= 15 is 0 Å². The van der Waals surface area contributed by atoms with E-state index in [0.29, 0.717) is 44.7 Å². The summed E-state index contributed by atoms with van der Waals surface area (Å²) in [5.74, 6) is 0.892. The summed E-state index contributed by atoms with van der Waals surface area (Å²) in [6.07, 6.45) is 0. The molecule has 0 aliphatic carbocycles. The van der Waals surface area contributed by atoms with Crippen LogP contribution in [-0.2, 0) is 0 Å². The average molecular weight is 420 g/mol. The van der Waals surface area contributed by atoms with Crippen molar-refractivity contribution in [2.45, 2.75) is 19.9 Å². The van der Waals surface area contributed by atoms with Gasteiger partial charge < -0.3 is 14.8 Å². The van der Waals surface area contributed by atoms with Gasteiger partial charge in [-0.3, -0.25) is 4.79 Å². The number of ether oxygens (including phenoxy) is 2. The van der Waals surface area contributed by atoms with Gasteiger partial charge in [0.1, 0.15) is 23.9 Å². The van der Waals surface area contributed by atoms with Gasteiger partial charge in [0.2, 0.25) is 0 Å². The van der Waals surface area contributed by atoms with Crippen LogP contribution in [0.15, 0.2) is 36.4 Å². The number of halogens is 2. The highest BCUT2D eigenvalue weighted by molar-refractivity contribution is 7.21. The molecule has 1 aliphatic rings. The van der Waals surface area contributed by atoms with Crippen LogP contribution < -0.4 is 14.8 Å². The Morgan fingerprint density at radius 3 is 2.64 bits per heavy atom. The maximum Gasteiger partial charge on any atom is 0.263 e. The molecule has 1 aromatic heterocycles. The number of carbonyl (C=O) groups excluding carboxylic acids is 1. The number of hydrogen-bond acceptors (Lipinski definition) is 4. The predicted molar refractivity (Wildman–Crippen MR) is 109 cm³/mol. The van der Waals surface area contributed by atoms with Gasteiger partial charge in [0.15, 0.2) is 11.5 Å². The molecule has 7 heteroatoms. The Kier molecular flexibility index (Phi) is 5.17. The Morgan fingerprint density at radius 2 is 1.89 bits per heavy atom. The predicted octanol–water partition coefficient (Wildman–Crippen LogP) is 5.59. The van der Waals surface area contributed by atoms with Gasteiger partial charge in [0, 0.05) is 10.1 Å². The minimum absolute atomic E-state index is 0.136. The minimum Gasteiger partial charge on any atom is -0.486 e. The van der Waals surface area contributed by atoms with Crippen LogP contribution in [0.2, 0.25) is 5.02 Å². The maximum absolute atomic E-state index is 13.5. The van der Waals surface area contributed by atoms with Gasteiger partial charge >= 0.3 is 0 Å². The molecule has 146 valence electrons. The third kappa shape index (κ3) is 3.54. The van der Waals surface area contributed by atoms with E-state index in [1.165, 1.54) is 23.5 Å². The number of carbonyl (C=O) groups is 1. The zero-order chi connectivity index (χ0) is 19.8. The van der Waals surface area contributed by atoms with E-state index < -0.39 is 0 Å². The molecule has 4 rings (SSSR count). The van der Waals surface area contributed by atoms with Crippen LogP contribution in [0.3, 0.4) is 0 Å². The summed E-state index contributed by atoms with van der Waals surface area (Å²) >= 11 is 7.59. The first-order valence-corrected chi connectivity index (χ1v) is 10.2. The highest BCUT2D eigenvalue weighted by Gasteiger charge is 2.24. The molecule has 28 heavy (non-hydrogen) atoms. The normalized spacial score (nSPS) is 14.3. The largest absolute Gasteiger partial charge is 0.486 e. The molecule has 0 spiro atoms. The molecule has 0 radical (unpaired) electrons. The summed E-state index contributed by atoms with van der Waals surface area (Å²) in [7, 11) is 0. The lowest BCUT2D eigenvalue weighted by Crippen LogP contribution is -2.31. The molecule has 2 aromatic carbocycles. The molecule has 1 amide bonds. The first-order valence-electron chi connectivity index (χ1n) is 9.02. The van der Waals surface area contributed by atoms with E-state index in [9.17, 15) is 9.18 Å². The van der Waals surface area contributed by atoms with Gasteiger partial charge in [-0.1, -0.05) is 31.5 Å². The fourth-order valence-electron chi connectivity index (χ4n) is 3.28. The zero-order valence-corrected chi connectivity index (χ0v) is 17.0. The Balaban J connectivity index is 1.63. The second kappa shape index (κ2) is 7.60. The minimum atomic E-state index is -0.353. The number of rotatable bonds is 4. The topological polar surface area (TPSA) is 47.6 Å². The zero-order valence-electron chi connectivity index (χ0n) is 15.4. The molecule has 0 fully saturated rings. The monoisotopic (exact) mass is 419 g/mol. The van der Waals surface area contributed by atoms with Gasteiger partial charge in [-0.15, -0.1) is 11.3 Å². The summed E-state index contributed by atoms with van der Waals surface area (Å²) in [6, 6.07) is 9.79. The third-order valence-corrected chi connectivity index (χ3v) is 6.33. The van der Waals surface area contributed by atoms with Crippen molar-refractivity contribution in [3.63, 3.8) is 0 Å². The van der Waals surface area contributed by atoms with Crippen molar-refractivity contribution in [2.24, 2.45) is 5.92 Å². The van der Waals surface area contributed by atoms with Crippen LogP contribution in [0.5, 0.6) is 11.5 Å². The van der Waals surface area contributed by atoms with Crippen LogP contribution >= 0.6 is 22.9 Å². The fraction of sp³-hybridized carbons (Fsp3) is 0.286. The van der Waals surface area contributed by atoms with Gasteiger partial charge in [-0.2, -0.15) is 0 Å². The number of nitrogens with one attached hydrogen (secondary N) is 1. The van der Waals surface area contributed by atoms with Crippen molar-refractivity contribution in [2.75, 3.05) is 13.2 Å². The Morgan fingerprint density at radius 1 is 1.14 bits per heavy atom. The van der Waals surface area contributed by atoms with Crippen molar-refractivity contribution in [1.29, 1.82) is 0 Å². The third-order valence-electron chi connectivity index (χ3n) is 4.68. The van der Waals surface area contributed by atoms with Crippen LogP contribution in [0.25, 0.3) is 10.1 Å². The van der Waals surface area contributed by atoms with E-state index in [2.05, 4.69) is 5.32 Å². The van der Waals surface area contributed by atoms with Gasteiger partial charge in [0.25, 0.3) is 5.91 Å². The molecule has 1 N–H and O–H groups in total. The molecule has 0 saturated carbocycles. The van der Waals surface area contributed by atoms with E-state index in [4.69, 9.17) is 21.1 Å². The molecule has 1 aliphatic heterocycles. The molecule has 0 bridgehead atoms. The van der Waals surface area contributed by atoms with Gasteiger partial charge in [-0.05, 0) is 41.8 Å². The van der Waals surface area contributed by atoms with Gasteiger partial charge in [0.05, 0.1) is 11.1 Å². The highest BCUT2D eigenvalue weighted by Crippen LogP contribution is 2.37. The smallest absolute Gasteiger partial charge is 0.263 e. The second-order valence-corrected chi connectivity index (χ2v) is 8.41. The average Bonchev–Trinajstić information content (AvgIpc) is 3.01. The molecule has 1 atom stereocenters. The first kappa shape index (κ1) is 19.0. The number of thiophene rings is 1. The number of benzene rings is 2. The van der Waals surface area contributed by atoms with Crippen LogP contribution in [0.4, 0.5) is 4.39 Å². The van der Waals surface area contributed by atoms with Crippen molar-refractivity contribution in [1.82, 2.24) is 5.32 Å². The molecule has 4 nitrogen and oxygen atoms in total. The standard InChI is InChI=1S/C21H19ClFNO3S/c1-11(2)19(12-3-6-15-16(9-12)27-8-7-26-15)24-21(25)20-18(22)14-5-4-13(23)10-17(14)28-20/h3-6,9-11,19H,7-8H2,1-2H3,(H,24,25)/t19-/m0/s1. The van der Waals surface area contributed by atoms with Crippen molar-refractivity contribution < 1.29 is 18.7 Å². The summed E-state index contributed by atoms with van der Waals surface area (Å²) in [6.45, 7) is 5.10. The van der Waals surface area contributed by atoms with E-state index in [0.717, 1.165) is 5.56 Å². The van der Waals surface area contributed by atoms with Crippen molar-refractivity contribution >= 4 is 38.9 Å². The van der Waals surface area contributed by atoms with Crippen LogP contribution in [-0.4, -0.2) is 19.1 Å². The number of fused-ring (bicyclic) bond motifs is 2. The molecule has 0 saturated heterocycles. The maximum atomic E-state index is 13.5. The lowest BCUT2D eigenvalue weighted by molar-refractivity contribution is 0.0929. The lowest BCUT2D eigenvalue weighted by Gasteiger charge is -2.25. The Bertz CT molecular complexity index is 1050. The molecular weight excluding hydrogens is 401 g/mol. The fourth-order valence-corrected chi connectivity index (χ4v) is 4.73. The molecule has 0 unspecified atom stereocenters. The molecule has 3 aromatic rings. The van der Waals surface area contributed by atoms with Crippen LogP contribution in [0.1, 0.15) is 35.1 Å².